The number of hydrogen-bond acceptors (Lipinski definition) is 4. The van der Waals surface area contributed by atoms with Crippen LogP contribution < -0.4 is 0 Å². The molecule has 6 heteroatoms. The summed E-state index contributed by atoms with van der Waals surface area (Å²) in [6, 6.07) is 1.53. The highest BCUT2D eigenvalue weighted by atomic mass is 35.5. The van der Waals surface area contributed by atoms with Gasteiger partial charge in [-0.2, -0.15) is 0 Å². The second kappa shape index (κ2) is 6.96. The molecule has 0 spiro atoms. The van der Waals surface area contributed by atoms with Gasteiger partial charge in [-0.25, -0.2) is 0 Å². The van der Waals surface area contributed by atoms with E-state index < -0.39 is 5.97 Å². The van der Waals surface area contributed by atoms with Crippen LogP contribution in [0.4, 0.5) is 0 Å². The van der Waals surface area contributed by atoms with Crippen molar-refractivity contribution in [2.45, 2.75) is 13.3 Å². The molecule has 98 valence electrons. The maximum Gasteiger partial charge on any atom is 0.325 e. The molecule has 1 heterocycles. The second-order valence-corrected chi connectivity index (χ2v) is 4.07. The van der Waals surface area contributed by atoms with Crippen molar-refractivity contribution in [1.29, 1.82) is 0 Å². The van der Waals surface area contributed by atoms with Crippen LogP contribution in [0.15, 0.2) is 18.5 Å². The Balaban J connectivity index is 2.89. The van der Waals surface area contributed by atoms with Crippen LogP contribution in [-0.4, -0.2) is 42.0 Å². The standard InChI is InChI=1S/C12H15ClN2O3/c1-3-6-15(8-11(16)18-2)12(17)9-4-5-14-7-10(9)13/h4-5,7H,3,6,8H2,1-2H3. The molecule has 0 fully saturated rings. The fourth-order valence-electron chi connectivity index (χ4n) is 1.46. The maximum absolute atomic E-state index is 12.2. The summed E-state index contributed by atoms with van der Waals surface area (Å²) in [5.74, 6) is -0.753. The highest BCUT2D eigenvalue weighted by Gasteiger charge is 2.20. The molecule has 0 bridgehead atoms. The maximum atomic E-state index is 12.2. The van der Waals surface area contributed by atoms with Gasteiger partial charge in [-0.15, -0.1) is 0 Å². The second-order valence-electron chi connectivity index (χ2n) is 3.66. The first-order valence-corrected chi connectivity index (χ1v) is 5.93. The minimum absolute atomic E-state index is 0.0815. The van der Waals surface area contributed by atoms with Crippen LogP contribution in [0.2, 0.25) is 5.02 Å². The molecule has 0 aliphatic carbocycles. The minimum Gasteiger partial charge on any atom is -0.468 e. The third kappa shape index (κ3) is 3.70. The number of nitrogens with zero attached hydrogens (tertiary/aromatic N) is 2. The molecule has 18 heavy (non-hydrogen) atoms. The highest BCUT2D eigenvalue weighted by molar-refractivity contribution is 6.33. The molecule has 0 aromatic carbocycles. The van der Waals surface area contributed by atoms with Crippen molar-refractivity contribution in [3.63, 3.8) is 0 Å². The minimum atomic E-state index is -0.457. The lowest BCUT2D eigenvalue weighted by molar-refractivity contribution is -0.141. The summed E-state index contributed by atoms with van der Waals surface area (Å²) in [6.45, 7) is 2.31. The van der Waals surface area contributed by atoms with E-state index in [-0.39, 0.29) is 17.5 Å². The number of amides is 1. The van der Waals surface area contributed by atoms with Gasteiger partial charge in [-0.3, -0.25) is 14.6 Å². The summed E-state index contributed by atoms with van der Waals surface area (Å²) in [5.41, 5.74) is 0.337. The number of halogens is 1. The first-order valence-electron chi connectivity index (χ1n) is 5.55. The molecular formula is C12H15ClN2O3. The van der Waals surface area contributed by atoms with Gasteiger partial charge < -0.3 is 9.64 Å². The zero-order valence-corrected chi connectivity index (χ0v) is 11.1. The van der Waals surface area contributed by atoms with Gasteiger partial charge in [0, 0.05) is 18.9 Å². The summed E-state index contributed by atoms with van der Waals surface area (Å²) in [5, 5.41) is 0.272. The third-order valence-electron chi connectivity index (χ3n) is 2.33. The van der Waals surface area contributed by atoms with Crippen molar-refractivity contribution >= 4 is 23.5 Å². The molecule has 0 N–H and O–H groups in total. The van der Waals surface area contributed by atoms with E-state index in [2.05, 4.69) is 9.72 Å². The fourth-order valence-corrected chi connectivity index (χ4v) is 1.66. The van der Waals surface area contributed by atoms with E-state index in [0.29, 0.717) is 12.1 Å². The molecular weight excluding hydrogens is 256 g/mol. The average Bonchev–Trinajstić information content (AvgIpc) is 2.38. The SMILES string of the molecule is CCCN(CC(=O)OC)C(=O)c1ccncc1Cl. The van der Waals surface area contributed by atoms with E-state index in [0.717, 1.165) is 6.42 Å². The normalized spacial score (nSPS) is 9.94. The lowest BCUT2D eigenvalue weighted by Crippen LogP contribution is -2.37. The van der Waals surface area contributed by atoms with E-state index in [1.165, 1.54) is 30.5 Å². The fraction of sp³-hybridized carbons (Fsp3) is 0.417. The van der Waals surface area contributed by atoms with Crippen molar-refractivity contribution in [2.75, 3.05) is 20.2 Å². The summed E-state index contributed by atoms with van der Waals surface area (Å²) < 4.78 is 4.57. The molecule has 1 amide bonds. The lowest BCUT2D eigenvalue weighted by atomic mass is 10.2. The molecule has 0 saturated heterocycles. The summed E-state index contributed by atoms with van der Waals surface area (Å²) in [6.07, 6.45) is 3.63. The topological polar surface area (TPSA) is 59.5 Å². The number of rotatable bonds is 5. The van der Waals surface area contributed by atoms with Gasteiger partial charge in [-0.1, -0.05) is 18.5 Å². The predicted molar refractivity (Wildman–Crippen MR) is 67.5 cm³/mol. The molecule has 5 nitrogen and oxygen atoms in total. The highest BCUT2D eigenvalue weighted by Crippen LogP contribution is 2.16. The zero-order valence-electron chi connectivity index (χ0n) is 10.4. The number of carbonyl (C=O) groups excluding carboxylic acids is 2. The number of aromatic nitrogens is 1. The molecule has 0 atom stereocenters. The Kier molecular flexibility index (Phi) is 5.58. The molecule has 0 aliphatic heterocycles. The van der Waals surface area contributed by atoms with Crippen molar-refractivity contribution in [3.8, 4) is 0 Å². The largest absolute Gasteiger partial charge is 0.468 e. The van der Waals surface area contributed by atoms with E-state index >= 15 is 0 Å². The number of esters is 1. The van der Waals surface area contributed by atoms with Gasteiger partial charge in [-0.05, 0) is 12.5 Å². The van der Waals surface area contributed by atoms with E-state index in [1.54, 1.807) is 0 Å². The number of hydrogen-bond donors (Lipinski definition) is 0. The number of ether oxygens (including phenoxy) is 1. The first-order chi connectivity index (χ1) is 8.60. The number of methoxy groups -OCH3 is 1. The summed E-state index contributed by atoms with van der Waals surface area (Å²) in [4.78, 5) is 28.7. The number of carbonyl (C=O) groups is 2. The Morgan fingerprint density at radius 2 is 2.22 bits per heavy atom. The van der Waals surface area contributed by atoms with Gasteiger partial charge >= 0.3 is 5.97 Å². The van der Waals surface area contributed by atoms with Crippen molar-refractivity contribution in [1.82, 2.24) is 9.88 Å². The first kappa shape index (κ1) is 14.4. The Morgan fingerprint density at radius 1 is 1.50 bits per heavy atom. The predicted octanol–water partition coefficient (Wildman–Crippen LogP) is 1.76. The summed E-state index contributed by atoms with van der Waals surface area (Å²) in [7, 11) is 1.29. The molecule has 1 aromatic rings. The Hall–Kier alpha value is -1.62. The van der Waals surface area contributed by atoms with Crippen molar-refractivity contribution in [3.05, 3.63) is 29.0 Å². The average molecular weight is 271 g/mol. The van der Waals surface area contributed by atoms with Crippen LogP contribution in [0.5, 0.6) is 0 Å². The van der Waals surface area contributed by atoms with Crippen molar-refractivity contribution < 1.29 is 14.3 Å². The summed E-state index contributed by atoms with van der Waals surface area (Å²) >= 11 is 5.91. The van der Waals surface area contributed by atoms with E-state index in [1.807, 2.05) is 6.92 Å². The van der Waals surface area contributed by atoms with E-state index in [4.69, 9.17) is 11.6 Å². The molecule has 1 rings (SSSR count). The molecule has 0 aliphatic rings. The van der Waals surface area contributed by atoms with Crippen LogP contribution in [0, 0.1) is 0 Å². The van der Waals surface area contributed by atoms with Crippen molar-refractivity contribution in [2.24, 2.45) is 0 Å². The Morgan fingerprint density at radius 3 is 2.78 bits per heavy atom. The quantitative estimate of drug-likeness (QED) is 0.765. The van der Waals surface area contributed by atoms with Gasteiger partial charge in [0.05, 0.1) is 17.7 Å². The lowest BCUT2D eigenvalue weighted by Gasteiger charge is -2.21. The Labute approximate surface area is 111 Å². The monoisotopic (exact) mass is 270 g/mol. The smallest absolute Gasteiger partial charge is 0.325 e. The van der Waals surface area contributed by atoms with Gasteiger partial charge in [0.15, 0.2) is 0 Å². The van der Waals surface area contributed by atoms with Gasteiger partial charge in [0.2, 0.25) is 0 Å². The van der Waals surface area contributed by atoms with Crippen LogP contribution in [0.25, 0.3) is 0 Å². The molecule has 0 radical (unpaired) electrons. The van der Waals surface area contributed by atoms with Crippen LogP contribution in [0.1, 0.15) is 23.7 Å². The Bertz CT molecular complexity index is 437. The molecule has 0 unspecified atom stereocenters. The van der Waals surface area contributed by atoms with Crippen LogP contribution in [0.3, 0.4) is 0 Å². The number of pyridine rings is 1. The zero-order chi connectivity index (χ0) is 13.5. The van der Waals surface area contributed by atoms with E-state index in [9.17, 15) is 9.59 Å². The third-order valence-corrected chi connectivity index (χ3v) is 2.63. The molecule has 1 aromatic heterocycles. The van der Waals surface area contributed by atoms with Gasteiger partial charge in [0.1, 0.15) is 6.54 Å². The van der Waals surface area contributed by atoms with Gasteiger partial charge in [0.25, 0.3) is 5.91 Å². The molecule has 0 saturated carbocycles. The van der Waals surface area contributed by atoms with Crippen LogP contribution in [-0.2, 0) is 9.53 Å². The van der Waals surface area contributed by atoms with Crippen LogP contribution >= 0.6 is 11.6 Å².